The standard InChI is InChI=1S/C17H22N4O4/c22-14-3-1-11-2-4-15(23)21-13(10-20(14)16(11)21)9-19-7-5-12(6-8-19)18-17(24)25/h2,4,12-13,18H,1,3,5-10H2,(H,24,25). The number of anilines is 1. The highest BCUT2D eigenvalue weighted by atomic mass is 16.4. The lowest BCUT2D eigenvalue weighted by atomic mass is 10.0. The molecule has 1 saturated heterocycles. The molecule has 2 amide bonds. The summed E-state index contributed by atoms with van der Waals surface area (Å²) >= 11 is 0. The fourth-order valence-corrected chi connectivity index (χ4v) is 4.28. The van der Waals surface area contributed by atoms with E-state index in [1.165, 1.54) is 0 Å². The van der Waals surface area contributed by atoms with Crippen molar-refractivity contribution in [3.63, 3.8) is 0 Å². The number of aryl methyl sites for hydroxylation is 1. The molecule has 3 aliphatic heterocycles. The zero-order valence-electron chi connectivity index (χ0n) is 14.0. The van der Waals surface area contributed by atoms with Crippen molar-refractivity contribution in [3.05, 3.63) is 28.0 Å². The lowest BCUT2D eigenvalue weighted by molar-refractivity contribution is -0.118. The molecule has 1 unspecified atom stereocenters. The van der Waals surface area contributed by atoms with E-state index < -0.39 is 6.09 Å². The predicted octanol–water partition coefficient (Wildman–Crippen LogP) is 0.414. The van der Waals surface area contributed by atoms with Gasteiger partial charge in [0.2, 0.25) is 5.91 Å². The number of amides is 2. The number of carbonyl (C=O) groups is 2. The van der Waals surface area contributed by atoms with Crippen LogP contribution < -0.4 is 15.8 Å². The van der Waals surface area contributed by atoms with Crippen LogP contribution in [0.5, 0.6) is 0 Å². The van der Waals surface area contributed by atoms with Crippen molar-refractivity contribution in [2.45, 2.75) is 37.8 Å². The van der Waals surface area contributed by atoms with Crippen molar-refractivity contribution in [3.8, 4) is 0 Å². The van der Waals surface area contributed by atoms with Crippen LogP contribution in [0.2, 0.25) is 0 Å². The Morgan fingerprint density at radius 2 is 1.96 bits per heavy atom. The molecule has 0 aliphatic carbocycles. The maximum atomic E-state index is 12.4. The van der Waals surface area contributed by atoms with Gasteiger partial charge in [-0.3, -0.25) is 19.1 Å². The zero-order valence-corrected chi connectivity index (χ0v) is 14.0. The molecule has 0 radical (unpaired) electrons. The van der Waals surface area contributed by atoms with Gasteiger partial charge in [-0.15, -0.1) is 0 Å². The third-order valence-corrected chi connectivity index (χ3v) is 5.49. The number of piperidine rings is 1. The third kappa shape index (κ3) is 2.90. The molecule has 8 heteroatoms. The number of hydrogen-bond donors (Lipinski definition) is 2. The van der Waals surface area contributed by atoms with Gasteiger partial charge in [0, 0.05) is 44.7 Å². The molecular formula is C17H22N4O4. The smallest absolute Gasteiger partial charge is 0.404 e. The fraction of sp³-hybridized carbons (Fsp3) is 0.588. The average Bonchev–Trinajstić information content (AvgIpc) is 2.96. The predicted molar refractivity (Wildman–Crippen MR) is 91.0 cm³/mol. The molecule has 134 valence electrons. The van der Waals surface area contributed by atoms with Gasteiger partial charge < -0.3 is 15.3 Å². The van der Waals surface area contributed by atoms with E-state index in [4.69, 9.17) is 5.11 Å². The fourth-order valence-electron chi connectivity index (χ4n) is 4.28. The molecule has 1 aromatic rings. The monoisotopic (exact) mass is 346 g/mol. The maximum absolute atomic E-state index is 12.4. The Morgan fingerprint density at radius 3 is 2.68 bits per heavy atom. The lowest BCUT2D eigenvalue weighted by Crippen LogP contribution is -2.46. The second-order valence-electron chi connectivity index (χ2n) is 7.07. The molecule has 0 saturated carbocycles. The molecule has 4 heterocycles. The number of nitrogens with zero attached hydrogens (tertiary/aromatic N) is 3. The summed E-state index contributed by atoms with van der Waals surface area (Å²) in [6.45, 7) is 2.84. The molecule has 2 N–H and O–H groups in total. The zero-order chi connectivity index (χ0) is 17.6. The molecule has 3 aliphatic rings. The van der Waals surface area contributed by atoms with Gasteiger partial charge >= 0.3 is 6.09 Å². The van der Waals surface area contributed by atoms with Crippen molar-refractivity contribution in [1.29, 1.82) is 0 Å². The highest BCUT2D eigenvalue weighted by molar-refractivity contribution is 5.96. The van der Waals surface area contributed by atoms with Gasteiger partial charge in [-0.2, -0.15) is 0 Å². The highest BCUT2D eigenvalue weighted by Gasteiger charge is 2.38. The van der Waals surface area contributed by atoms with E-state index in [1.807, 2.05) is 6.07 Å². The SMILES string of the molecule is O=C(O)NC1CCN(CC2CN3C(=O)CCc4ccc(=O)n2c43)CC1. The third-order valence-electron chi connectivity index (χ3n) is 5.49. The summed E-state index contributed by atoms with van der Waals surface area (Å²) in [5, 5.41) is 11.4. The molecule has 4 rings (SSSR count). The Balaban J connectivity index is 1.49. The number of hydrogen-bond acceptors (Lipinski definition) is 4. The lowest BCUT2D eigenvalue weighted by Gasteiger charge is -2.33. The summed E-state index contributed by atoms with van der Waals surface area (Å²) in [5.74, 6) is 0.884. The maximum Gasteiger partial charge on any atom is 0.404 e. The van der Waals surface area contributed by atoms with Crippen molar-refractivity contribution in [2.24, 2.45) is 0 Å². The first-order chi connectivity index (χ1) is 12.0. The quantitative estimate of drug-likeness (QED) is 0.827. The number of likely N-dealkylation sites (tertiary alicyclic amines) is 1. The van der Waals surface area contributed by atoms with Gasteiger partial charge in [-0.05, 0) is 30.9 Å². The highest BCUT2D eigenvalue weighted by Crippen LogP contribution is 2.35. The number of rotatable bonds is 3. The molecule has 8 nitrogen and oxygen atoms in total. The van der Waals surface area contributed by atoms with Crippen molar-refractivity contribution in [2.75, 3.05) is 31.1 Å². The summed E-state index contributed by atoms with van der Waals surface area (Å²) in [6.07, 6.45) is 1.76. The van der Waals surface area contributed by atoms with Crippen molar-refractivity contribution >= 4 is 17.8 Å². The van der Waals surface area contributed by atoms with Crippen LogP contribution in [0.3, 0.4) is 0 Å². The first kappa shape index (κ1) is 16.1. The first-order valence-electron chi connectivity index (χ1n) is 8.79. The van der Waals surface area contributed by atoms with Gasteiger partial charge in [-0.25, -0.2) is 4.79 Å². The molecule has 25 heavy (non-hydrogen) atoms. The minimum absolute atomic E-state index is 0.000834. The van der Waals surface area contributed by atoms with Crippen LogP contribution in [0.15, 0.2) is 16.9 Å². The van der Waals surface area contributed by atoms with Crippen LogP contribution in [-0.2, 0) is 11.2 Å². The summed E-state index contributed by atoms with van der Waals surface area (Å²) in [4.78, 5) is 39.4. The second kappa shape index (κ2) is 6.18. The second-order valence-corrected chi connectivity index (χ2v) is 7.07. The van der Waals surface area contributed by atoms with Gasteiger partial charge in [0.1, 0.15) is 5.82 Å². The number of pyridine rings is 1. The van der Waals surface area contributed by atoms with E-state index in [0.29, 0.717) is 25.9 Å². The van der Waals surface area contributed by atoms with Crippen molar-refractivity contribution < 1.29 is 14.7 Å². The van der Waals surface area contributed by atoms with E-state index in [-0.39, 0.29) is 23.6 Å². The summed E-state index contributed by atoms with van der Waals surface area (Å²) < 4.78 is 1.79. The van der Waals surface area contributed by atoms with E-state index >= 15 is 0 Å². The molecule has 0 spiro atoms. The van der Waals surface area contributed by atoms with Crippen molar-refractivity contribution in [1.82, 2.24) is 14.8 Å². The number of nitrogens with one attached hydrogen (secondary N) is 1. The van der Waals surface area contributed by atoms with Crippen LogP contribution in [-0.4, -0.2) is 58.8 Å². The summed E-state index contributed by atoms with van der Waals surface area (Å²) in [6, 6.07) is 3.42. The van der Waals surface area contributed by atoms with E-state index in [1.54, 1.807) is 15.5 Å². The summed E-state index contributed by atoms with van der Waals surface area (Å²) in [5.41, 5.74) is 1.02. The molecule has 0 bridgehead atoms. The van der Waals surface area contributed by atoms with Crippen LogP contribution in [0, 0.1) is 0 Å². The first-order valence-corrected chi connectivity index (χ1v) is 8.79. The largest absolute Gasteiger partial charge is 0.465 e. The van der Waals surface area contributed by atoms with E-state index in [9.17, 15) is 14.4 Å². The number of carboxylic acid groups (broad SMARTS) is 1. The van der Waals surface area contributed by atoms with E-state index in [2.05, 4.69) is 10.2 Å². The Morgan fingerprint density at radius 1 is 1.20 bits per heavy atom. The normalized spacial score (nSPS) is 23.6. The van der Waals surface area contributed by atoms with E-state index in [0.717, 1.165) is 37.3 Å². The molecule has 1 aromatic heterocycles. The van der Waals surface area contributed by atoms with Gasteiger partial charge in [0.15, 0.2) is 0 Å². The van der Waals surface area contributed by atoms with Crippen LogP contribution in [0.1, 0.15) is 30.9 Å². The van der Waals surface area contributed by atoms with Crippen LogP contribution in [0.4, 0.5) is 10.6 Å². The van der Waals surface area contributed by atoms with Gasteiger partial charge in [0.25, 0.3) is 5.56 Å². The topological polar surface area (TPSA) is 94.9 Å². The Hall–Kier alpha value is -2.35. The molecule has 1 fully saturated rings. The molecule has 1 atom stereocenters. The molecule has 0 aromatic carbocycles. The van der Waals surface area contributed by atoms with Gasteiger partial charge in [0.05, 0.1) is 6.04 Å². The summed E-state index contributed by atoms with van der Waals surface area (Å²) in [7, 11) is 0. The Labute approximate surface area is 145 Å². The average molecular weight is 346 g/mol. The minimum Gasteiger partial charge on any atom is -0.465 e. The minimum atomic E-state index is -0.977. The Kier molecular flexibility index (Phi) is 3.99. The number of aromatic nitrogens is 1. The number of carbonyl (C=O) groups excluding carboxylic acids is 1. The van der Waals surface area contributed by atoms with Crippen LogP contribution >= 0.6 is 0 Å². The van der Waals surface area contributed by atoms with Crippen LogP contribution in [0.25, 0.3) is 0 Å². The van der Waals surface area contributed by atoms with Gasteiger partial charge in [-0.1, -0.05) is 0 Å². The Bertz CT molecular complexity index is 766. The molecular weight excluding hydrogens is 324 g/mol.